The van der Waals surface area contributed by atoms with E-state index < -0.39 is 76.3 Å². The number of nitrogens with one attached hydrogen (secondary N) is 1. The molecule has 1 N–H and O–H groups in total. The second kappa shape index (κ2) is 11.5. The Morgan fingerprint density at radius 1 is 0.881 bits per heavy atom. The van der Waals surface area contributed by atoms with Gasteiger partial charge in [0.15, 0.2) is 11.6 Å². The number of anilines is 2. The molecule has 0 saturated heterocycles. The van der Waals surface area contributed by atoms with Crippen LogP contribution in [0.15, 0.2) is 54.7 Å². The Morgan fingerprint density at radius 2 is 1.48 bits per heavy atom. The zero-order valence-electron chi connectivity index (χ0n) is 19.7. The highest BCUT2D eigenvalue weighted by Crippen LogP contribution is 2.54. The number of amides is 2. The fourth-order valence-corrected chi connectivity index (χ4v) is 4.03. The maximum Gasteiger partial charge on any atom is 0.573 e. The Balaban J connectivity index is 2.06. The Hall–Kier alpha value is -3.67. The Labute approximate surface area is 240 Å². The summed E-state index contributed by atoms with van der Waals surface area (Å²) in [6.45, 7) is 0. The van der Waals surface area contributed by atoms with E-state index in [2.05, 4.69) is 31.2 Å². The molecule has 226 valence electrons. The largest absolute Gasteiger partial charge is 0.573 e. The molecular formula is C23H10BrClF11N3O3. The van der Waals surface area contributed by atoms with Crippen LogP contribution in [0.5, 0.6) is 5.75 Å². The number of alkyl halides is 10. The maximum atomic E-state index is 15.2. The molecule has 0 unspecified atom stereocenters. The predicted molar refractivity (Wildman–Crippen MR) is 127 cm³/mol. The maximum absolute atomic E-state index is 15.2. The number of aromatic nitrogens is 1. The van der Waals surface area contributed by atoms with E-state index in [0.29, 0.717) is 0 Å². The summed E-state index contributed by atoms with van der Waals surface area (Å²) in [6.07, 6.45) is -17.9. The third-order valence-corrected chi connectivity index (χ3v) is 6.24. The molecule has 0 spiro atoms. The van der Waals surface area contributed by atoms with Crippen molar-refractivity contribution in [3.63, 3.8) is 0 Å². The van der Waals surface area contributed by atoms with Crippen LogP contribution in [-0.4, -0.2) is 35.5 Å². The highest BCUT2D eigenvalue weighted by Gasteiger charge is 2.73. The average molecular weight is 701 g/mol. The zero-order valence-corrected chi connectivity index (χ0v) is 22.1. The lowest BCUT2D eigenvalue weighted by Gasteiger charge is -2.31. The van der Waals surface area contributed by atoms with E-state index in [9.17, 15) is 53.5 Å². The monoisotopic (exact) mass is 699 g/mol. The summed E-state index contributed by atoms with van der Waals surface area (Å²) in [5.41, 5.74) is -11.5. The van der Waals surface area contributed by atoms with E-state index in [1.165, 1.54) is 18.3 Å². The smallest absolute Gasteiger partial charge is 0.404 e. The first-order valence-electron chi connectivity index (χ1n) is 10.6. The molecule has 0 aliphatic rings. The summed E-state index contributed by atoms with van der Waals surface area (Å²) < 4.78 is 151. The van der Waals surface area contributed by atoms with Gasteiger partial charge in [0.1, 0.15) is 5.15 Å². The zero-order chi connectivity index (χ0) is 31.8. The molecule has 0 bridgehead atoms. The molecule has 2 aromatic carbocycles. The summed E-state index contributed by atoms with van der Waals surface area (Å²) in [5, 5.41) is 1.81. The van der Waals surface area contributed by atoms with Crippen LogP contribution in [0.4, 0.5) is 59.7 Å². The van der Waals surface area contributed by atoms with Crippen molar-refractivity contribution in [2.45, 2.75) is 24.4 Å². The van der Waals surface area contributed by atoms with Gasteiger partial charge in [-0.25, -0.2) is 17.7 Å². The Morgan fingerprint density at radius 3 is 2.02 bits per heavy atom. The van der Waals surface area contributed by atoms with Gasteiger partial charge >= 0.3 is 24.4 Å². The van der Waals surface area contributed by atoms with Crippen molar-refractivity contribution in [3.05, 3.63) is 82.4 Å². The van der Waals surface area contributed by atoms with E-state index in [4.69, 9.17) is 11.6 Å². The van der Waals surface area contributed by atoms with Crippen LogP contribution in [0.25, 0.3) is 0 Å². The van der Waals surface area contributed by atoms with E-state index in [-0.39, 0.29) is 26.8 Å². The molecule has 0 fully saturated rings. The van der Waals surface area contributed by atoms with Gasteiger partial charge in [-0.3, -0.25) is 9.59 Å². The molecule has 0 atom stereocenters. The van der Waals surface area contributed by atoms with E-state index >= 15 is 4.39 Å². The molecule has 1 heterocycles. The van der Waals surface area contributed by atoms with Crippen molar-refractivity contribution in [3.8, 4) is 5.75 Å². The fourth-order valence-electron chi connectivity index (χ4n) is 3.34. The van der Waals surface area contributed by atoms with Gasteiger partial charge in [-0.15, -0.1) is 13.2 Å². The molecule has 42 heavy (non-hydrogen) atoms. The molecule has 1 aromatic heterocycles. The van der Waals surface area contributed by atoms with Gasteiger partial charge in [-0.2, -0.15) is 26.3 Å². The highest BCUT2D eigenvalue weighted by molar-refractivity contribution is 9.10. The van der Waals surface area contributed by atoms with Crippen LogP contribution >= 0.6 is 27.7 Å². The van der Waals surface area contributed by atoms with E-state index in [1.54, 1.807) is 0 Å². The number of rotatable bonds is 6. The summed E-state index contributed by atoms with van der Waals surface area (Å²) in [5.74, 6) is -5.93. The van der Waals surface area contributed by atoms with Crippen LogP contribution in [0.2, 0.25) is 5.15 Å². The van der Waals surface area contributed by atoms with E-state index in [0.717, 1.165) is 18.2 Å². The summed E-state index contributed by atoms with van der Waals surface area (Å²) in [6, 6.07) is 4.62. The first-order valence-corrected chi connectivity index (χ1v) is 11.7. The Bertz CT molecular complexity index is 1500. The van der Waals surface area contributed by atoms with Gasteiger partial charge in [0, 0.05) is 11.8 Å². The standard InChI is InChI=1S/C23H10BrClF11N3O3/c24-39(19(41)11-3-1-5-13(16(11)26)38-18(40)12-4-2-8-37-17(12)25)14-7-6-10(9-15(14)42-23(34,35)36)20(27,21(28,29)30)22(31,32)33/h1-9H,(H,38,40). The number of ether oxygens (including phenoxy) is 1. The quantitative estimate of drug-likeness (QED) is 0.160. The normalized spacial score (nSPS) is 12.6. The van der Waals surface area contributed by atoms with Crippen molar-refractivity contribution in [2.24, 2.45) is 0 Å². The van der Waals surface area contributed by atoms with E-state index in [1.807, 2.05) is 0 Å². The highest BCUT2D eigenvalue weighted by atomic mass is 79.9. The lowest BCUT2D eigenvalue weighted by atomic mass is 9.93. The third-order valence-electron chi connectivity index (χ3n) is 5.24. The third kappa shape index (κ3) is 6.53. The molecular weight excluding hydrogens is 691 g/mol. The summed E-state index contributed by atoms with van der Waals surface area (Å²) >= 11 is 8.27. The van der Waals surface area contributed by atoms with Gasteiger partial charge < -0.3 is 10.1 Å². The molecule has 0 saturated carbocycles. The topological polar surface area (TPSA) is 71.5 Å². The first-order chi connectivity index (χ1) is 19.2. The van der Waals surface area contributed by atoms with Crippen molar-refractivity contribution in [2.75, 3.05) is 9.24 Å². The fraction of sp³-hybridized carbons (Fsp3) is 0.174. The minimum absolute atomic E-state index is 0.000933. The molecule has 3 rings (SSSR count). The minimum atomic E-state index is -6.68. The molecule has 0 aliphatic heterocycles. The number of carbonyl (C=O) groups excluding carboxylic acids is 2. The van der Waals surface area contributed by atoms with Crippen LogP contribution in [-0.2, 0) is 5.67 Å². The van der Waals surface area contributed by atoms with Crippen molar-refractivity contribution in [1.82, 2.24) is 4.98 Å². The van der Waals surface area contributed by atoms with Gasteiger partial charge in [0.05, 0.1) is 38.6 Å². The van der Waals surface area contributed by atoms with Crippen LogP contribution in [0.3, 0.4) is 0 Å². The number of nitrogens with zero attached hydrogens (tertiary/aromatic N) is 2. The van der Waals surface area contributed by atoms with Gasteiger partial charge in [0.25, 0.3) is 11.8 Å². The lowest BCUT2D eigenvalue weighted by molar-refractivity contribution is -0.348. The van der Waals surface area contributed by atoms with Gasteiger partial charge in [-0.05, 0) is 36.4 Å². The molecule has 0 aliphatic carbocycles. The molecule has 0 radical (unpaired) electrons. The molecule has 3 aromatic rings. The number of carbonyl (C=O) groups is 2. The second-order valence-corrected chi connectivity index (χ2v) is 9.00. The summed E-state index contributed by atoms with van der Waals surface area (Å²) in [7, 11) is 0. The second-order valence-electron chi connectivity index (χ2n) is 7.93. The number of halogens is 13. The first kappa shape index (κ1) is 32.8. The lowest BCUT2D eigenvalue weighted by Crippen LogP contribution is -2.50. The summed E-state index contributed by atoms with van der Waals surface area (Å²) in [4.78, 5) is 29.1. The SMILES string of the molecule is O=C(Nc1cccc(C(=O)N(Br)c2ccc(C(F)(C(F)(F)F)C(F)(F)F)cc2OC(F)(F)F)c1F)c1cccnc1Cl. The van der Waals surface area contributed by atoms with Gasteiger partial charge in [-0.1, -0.05) is 23.7 Å². The number of hydrogen-bond acceptors (Lipinski definition) is 4. The van der Waals surface area contributed by atoms with Crippen molar-refractivity contribution >= 4 is 50.9 Å². The Kier molecular flexibility index (Phi) is 9.03. The molecule has 19 heteroatoms. The number of pyridine rings is 1. The molecule has 6 nitrogen and oxygen atoms in total. The number of hydrogen-bond donors (Lipinski definition) is 1. The predicted octanol–water partition coefficient (Wildman–Crippen LogP) is 8.27. The van der Waals surface area contributed by atoms with Crippen LogP contribution in [0, 0.1) is 5.82 Å². The average Bonchev–Trinajstić information content (AvgIpc) is 2.86. The number of benzene rings is 2. The van der Waals surface area contributed by atoms with Crippen molar-refractivity contribution in [1.29, 1.82) is 0 Å². The van der Waals surface area contributed by atoms with Crippen LogP contribution in [0.1, 0.15) is 26.3 Å². The van der Waals surface area contributed by atoms with Gasteiger partial charge in [0.2, 0.25) is 0 Å². The molecule has 2 amide bonds. The van der Waals surface area contributed by atoms with Crippen molar-refractivity contribution < 1.29 is 62.6 Å². The van der Waals surface area contributed by atoms with Crippen LogP contribution < -0.4 is 14.0 Å². The minimum Gasteiger partial charge on any atom is -0.404 e.